The lowest BCUT2D eigenvalue weighted by atomic mass is 9.86. The van der Waals surface area contributed by atoms with Gasteiger partial charge in [0.1, 0.15) is 0 Å². The Morgan fingerprint density at radius 1 is 1.19 bits per heavy atom. The maximum Gasteiger partial charge on any atom is 0.253 e. The molecule has 6 heteroatoms. The largest absolute Gasteiger partial charge is 0.296 e. The number of allylic oxidation sites excluding steroid dienone is 1. The fourth-order valence-electron chi connectivity index (χ4n) is 2.31. The number of hydrogen-bond acceptors (Lipinski definition) is 3. The van der Waals surface area contributed by atoms with E-state index in [0.717, 1.165) is 12.8 Å². The summed E-state index contributed by atoms with van der Waals surface area (Å²) in [7, 11) is 0. The van der Waals surface area contributed by atoms with E-state index in [9.17, 15) is 14.4 Å². The molecule has 21 heavy (non-hydrogen) atoms. The van der Waals surface area contributed by atoms with Crippen LogP contribution in [-0.4, -0.2) is 17.1 Å². The lowest BCUT2D eigenvalue weighted by Gasteiger charge is -2.14. The maximum absolute atomic E-state index is 11.1. The average molecular weight is 326 g/mol. The van der Waals surface area contributed by atoms with Crippen LogP contribution in [0, 0.1) is 11.8 Å². The lowest BCUT2D eigenvalue weighted by Crippen LogP contribution is -2.21. The van der Waals surface area contributed by atoms with Crippen molar-refractivity contribution in [3.05, 3.63) is 47.0 Å². The van der Waals surface area contributed by atoms with Gasteiger partial charge in [-0.05, 0) is 36.6 Å². The molecule has 110 valence electrons. The van der Waals surface area contributed by atoms with Gasteiger partial charge in [-0.15, -0.1) is 0 Å². The van der Waals surface area contributed by atoms with E-state index in [4.69, 9.17) is 23.2 Å². The number of hydrogen-bond donors (Lipinski definition) is 1. The number of halogens is 2. The monoisotopic (exact) mass is 325 g/mol. The summed E-state index contributed by atoms with van der Waals surface area (Å²) in [4.78, 5) is 32.6. The molecule has 1 aliphatic heterocycles. The Morgan fingerprint density at radius 2 is 1.90 bits per heavy atom. The van der Waals surface area contributed by atoms with E-state index >= 15 is 0 Å². The van der Waals surface area contributed by atoms with Gasteiger partial charge in [-0.2, -0.15) is 0 Å². The summed E-state index contributed by atoms with van der Waals surface area (Å²) in [6.07, 6.45) is 5.55. The van der Waals surface area contributed by atoms with Crippen LogP contribution in [0.1, 0.15) is 23.2 Å². The van der Waals surface area contributed by atoms with E-state index in [1.807, 2.05) is 12.2 Å². The normalized spacial score (nSPS) is 23.0. The third-order valence-corrected chi connectivity index (χ3v) is 3.93. The molecule has 3 rings (SSSR count). The van der Waals surface area contributed by atoms with Crippen molar-refractivity contribution in [2.45, 2.75) is 12.8 Å². The standard InChI is InChI=1S/C8H9NO2.C7H4Cl2O/c10-7-5-3-1-2-4-6(5)8(11)9-7;8-6-4-2-1-3-5(6)7(9)10/h1,3,5-6H,2,4H2,(H,9,10,11);1-4H. The van der Waals surface area contributed by atoms with Gasteiger partial charge in [-0.25, -0.2) is 0 Å². The molecule has 0 bridgehead atoms. The molecular formula is C15H13Cl2NO3. The Bertz CT molecular complexity index is 613. The van der Waals surface area contributed by atoms with E-state index < -0.39 is 5.24 Å². The Hall–Kier alpha value is -1.65. The van der Waals surface area contributed by atoms with Gasteiger partial charge in [0.2, 0.25) is 11.8 Å². The number of benzene rings is 1. The third-order valence-electron chi connectivity index (χ3n) is 3.39. The van der Waals surface area contributed by atoms with Gasteiger partial charge in [-0.1, -0.05) is 35.9 Å². The van der Waals surface area contributed by atoms with Crippen LogP contribution in [0.5, 0.6) is 0 Å². The fraction of sp³-hybridized carbons (Fsp3) is 0.267. The van der Waals surface area contributed by atoms with Crippen LogP contribution in [0.25, 0.3) is 0 Å². The number of imide groups is 1. The molecule has 1 aromatic rings. The highest BCUT2D eigenvalue weighted by molar-refractivity contribution is 6.68. The molecule has 0 radical (unpaired) electrons. The molecule has 2 unspecified atom stereocenters. The van der Waals surface area contributed by atoms with Crippen molar-refractivity contribution in [3.8, 4) is 0 Å². The summed E-state index contributed by atoms with van der Waals surface area (Å²) < 4.78 is 0. The van der Waals surface area contributed by atoms with Crippen LogP contribution >= 0.6 is 23.2 Å². The minimum absolute atomic E-state index is 0.0764. The first-order valence-corrected chi connectivity index (χ1v) is 7.22. The van der Waals surface area contributed by atoms with Crippen LogP contribution in [0.2, 0.25) is 5.02 Å². The maximum atomic E-state index is 11.1. The van der Waals surface area contributed by atoms with Gasteiger partial charge in [0.05, 0.1) is 22.4 Å². The van der Waals surface area contributed by atoms with Crippen LogP contribution in [0.3, 0.4) is 0 Å². The van der Waals surface area contributed by atoms with Gasteiger partial charge < -0.3 is 0 Å². The van der Waals surface area contributed by atoms with Gasteiger partial charge in [0.25, 0.3) is 5.24 Å². The summed E-state index contributed by atoms with van der Waals surface area (Å²) in [6.45, 7) is 0. The summed E-state index contributed by atoms with van der Waals surface area (Å²) in [5.41, 5.74) is 0.353. The van der Waals surface area contributed by atoms with E-state index in [0.29, 0.717) is 10.6 Å². The zero-order valence-corrected chi connectivity index (χ0v) is 12.5. The van der Waals surface area contributed by atoms with Crippen LogP contribution in [0.4, 0.5) is 0 Å². The minimum Gasteiger partial charge on any atom is -0.296 e. The number of carbonyl (C=O) groups is 3. The van der Waals surface area contributed by atoms with Crippen molar-refractivity contribution < 1.29 is 14.4 Å². The summed E-state index contributed by atoms with van der Waals surface area (Å²) in [6, 6.07) is 6.65. The zero-order valence-electron chi connectivity index (χ0n) is 11.0. The molecule has 0 spiro atoms. The van der Waals surface area contributed by atoms with E-state index in [-0.39, 0.29) is 23.7 Å². The Labute approximate surface area is 132 Å². The predicted octanol–water partition coefficient (Wildman–Crippen LogP) is 2.94. The SMILES string of the molecule is O=C(Cl)c1ccccc1Cl.O=C1NC(=O)C2CCC=CC12. The summed E-state index contributed by atoms with van der Waals surface area (Å²) in [5, 5.41) is 2.20. The topological polar surface area (TPSA) is 63.2 Å². The Kier molecular flexibility index (Phi) is 5.15. The number of fused-ring (bicyclic) bond motifs is 1. The molecule has 2 aliphatic rings. The van der Waals surface area contributed by atoms with Crippen molar-refractivity contribution in [2.24, 2.45) is 11.8 Å². The second kappa shape index (κ2) is 6.87. The highest BCUT2D eigenvalue weighted by atomic mass is 35.5. The second-order valence-electron chi connectivity index (χ2n) is 4.74. The molecule has 4 nitrogen and oxygen atoms in total. The second-order valence-corrected chi connectivity index (χ2v) is 5.50. The van der Waals surface area contributed by atoms with Gasteiger partial charge in [-0.3, -0.25) is 19.7 Å². The van der Waals surface area contributed by atoms with Gasteiger partial charge in [0.15, 0.2) is 0 Å². The molecule has 1 aliphatic carbocycles. The highest BCUT2D eigenvalue weighted by Crippen LogP contribution is 2.28. The molecule has 1 heterocycles. The first-order valence-electron chi connectivity index (χ1n) is 6.46. The molecule has 2 atom stereocenters. The Morgan fingerprint density at radius 3 is 2.48 bits per heavy atom. The van der Waals surface area contributed by atoms with E-state index in [1.165, 1.54) is 0 Å². The molecule has 0 aromatic heterocycles. The smallest absolute Gasteiger partial charge is 0.253 e. The average Bonchev–Trinajstić information content (AvgIpc) is 2.76. The highest BCUT2D eigenvalue weighted by Gasteiger charge is 2.40. The number of nitrogens with one attached hydrogen (secondary N) is 1. The van der Waals surface area contributed by atoms with Crippen LogP contribution in [-0.2, 0) is 9.59 Å². The predicted molar refractivity (Wildman–Crippen MR) is 80.1 cm³/mol. The molecular weight excluding hydrogens is 313 g/mol. The molecule has 1 saturated heterocycles. The summed E-state index contributed by atoms with van der Waals surface area (Å²) >= 11 is 10.8. The van der Waals surface area contributed by atoms with Gasteiger partial charge in [0, 0.05) is 0 Å². The molecule has 1 N–H and O–H groups in total. The quantitative estimate of drug-likeness (QED) is 0.490. The number of carbonyl (C=O) groups excluding carboxylic acids is 3. The summed E-state index contributed by atoms with van der Waals surface area (Å²) in [5.74, 6) is -0.468. The molecule has 0 saturated carbocycles. The zero-order chi connectivity index (χ0) is 15.4. The molecule has 2 amide bonds. The number of rotatable bonds is 1. The Balaban J connectivity index is 0.000000155. The van der Waals surface area contributed by atoms with E-state index in [2.05, 4.69) is 5.32 Å². The molecule has 1 fully saturated rings. The first-order chi connectivity index (χ1) is 10.0. The van der Waals surface area contributed by atoms with Crippen molar-refractivity contribution in [1.29, 1.82) is 0 Å². The van der Waals surface area contributed by atoms with E-state index in [1.54, 1.807) is 24.3 Å². The van der Waals surface area contributed by atoms with Crippen molar-refractivity contribution in [3.63, 3.8) is 0 Å². The fourth-order valence-corrected chi connectivity index (χ4v) is 2.75. The van der Waals surface area contributed by atoms with Crippen molar-refractivity contribution in [1.82, 2.24) is 5.32 Å². The molecule has 1 aromatic carbocycles. The van der Waals surface area contributed by atoms with Crippen molar-refractivity contribution in [2.75, 3.05) is 0 Å². The van der Waals surface area contributed by atoms with Crippen LogP contribution in [0.15, 0.2) is 36.4 Å². The number of amides is 2. The third kappa shape index (κ3) is 3.71. The first kappa shape index (κ1) is 15.7. The van der Waals surface area contributed by atoms with Crippen LogP contribution < -0.4 is 5.32 Å². The lowest BCUT2D eigenvalue weighted by molar-refractivity contribution is -0.126. The van der Waals surface area contributed by atoms with Gasteiger partial charge >= 0.3 is 0 Å². The van der Waals surface area contributed by atoms with Crippen molar-refractivity contribution >= 4 is 40.3 Å². The minimum atomic E-state index is -0.523.